The summed E-state index contributed by atoms with van der Waals surface area (Å²) < 4.78 is 7.26. The quantitative estimate of drug-likeness (QED) is 0.691. The molecule has 16 heavy (non-hydrogen) atoms. The number of hydrogen-bond donors (Lipinski definition) is 2. The van der Waals surface area contributed by atoms with E-state index in [1.54, 1.807) is 6.20 Å². The van der Waals surface area contributed by atoms with Gasteiger partial charge in [-0.2, -0.15) is 5.10 Å². The molecule has 1 atom stereocenters. The summed E-state index contributed by atoms with van der Waals surface area (Å²) in [6.07, 6.45) is 1.73. The molecule has 1 saturated heterocycles. The fourth-order valence-corrected chi connectivity index (χ4v) is 1.91. The Labute approximate surface area is 91.2 Å². The Kier molecular flexibility index (Phi) is 2.23. The van der Waals surface area contributed by atoms with E-state index >= 15 is 0 Å². The zero-order chi connectivity index (χ0) is 11.0. The first-order valence-corrected chi connectivity index (χ1v) is 5.22. The minimum atomic E-state index is -0.0250. The van der Waals surface area contributed by atoms with Crippen LogP contribution in [0.2, 0.25) is 0 Å². The van der Waals surface area contributed by atoms with Crippen molar-refractivity contribution in [2.75, 3.05) is 19.8 Å². The van der Waals surface area contributed by atoms with Crippen molar-refractivity contribution in [3.05, 3.63) is 34.4 Å². The Morgan fingerprint density at radius 3 is 3.31 bits per heavy atom. The van der Waals surface area contributed by atoms with E-state index in [9.17, 15) is 4.79 Å². The molecule has 2 N–H and O–H groups in total. The van der Waals surface area contributed by atoms with Crippen LogP contribution in [0.1, 0.15) is 11.9 Å². The molecule has 84 valence electrons. The monoisotopic (exact) mass is 220 g/mol. The average Bonchev–Trinajstić information content (AvgIpc) is 2.73. The molecular formula is C10H12N4O2. The van der Waals surface area contributed by atoms with E-state index in [2.05, 4.69) is 15.5 Å². The third-order valence-electron chi connectivity index (χ3n) is 2.69. The fourth-order valence-electron chi connectivity index (χ4n) is 1.91. The lowest BCUT2D eigenvalue weighted by Crippen LogP contribution is -2.35. The summed E-state index contributed by atoms with van der Waals surface area (Å²) in [5, 5.41) is 10.4. The van der Waals surface area contributed by atoms with Gasteiger partial charge < -0.3 is 10.1 Å². The lowest BCUT2D eigenvalue weighted by atomic mass is 10.2. The second-order valence-electron chi connectivity index (χ2n) is 3.78. The molecule has 1 unspecified atom stereocenters. The van der Waals surface area contributed by atoms with Crippen LogP contribution in [0.4, 0.5) is 0 Å². The summed E-state index contributed by atoms with van der Waals surface area (Å²) in [7, 11) is 0. The third kappa shape index (κ3) is 1.52. The Balaban J connectivity index is 2.06. The molecule has 0 spiro atoms. The predicted molar refractivity (Wildman–Crippen MR) is 57.4 cm³/mol. The van der Waals surface area contributed by atoms with Crippen LogP contribution in [0, 0.1) is 0 Å². The normalized spacial score (nSPS) is 21.4. The molecule has 2 aromatic rings. The number of pyridine rings is 1. The molecule has 6 nitrogen and oxygen atoms in total. The van der Waals surface area contributed by atoms with Crippen LogP contribution in [0.5, 0.6) is 0 Å². The average molecular weight is 220 g/mol. The second kappa shape index (κ2) is 3.73. The van der Waals surface area contributed by atoms with Crippen LogP contribution in [-0.2, 0) is 4.74 Å². The first kappa shape index (κ1) is 9.56. The van der Waals surface area contributed by atoms with Gasteiger partial charge in [0.05, 0.1) is 19.3 Å². The maximum absolute atomic E-state index is 11.2. The maximum Gasteiger partial charge on any atom is 0.183 e. The highest BCUT2D eigenvalue weighted by Gasteiger charge is 2.19. The Morgan fingerprint density at radius 1 is 1.56 bits per heavy atom. The number of fused-ring (bicyclic) bond motifs is 1. The summed E-state index contributed by atoms with van der Waals surface area (Å²) in [4.78, 5) is 11.2. The van der Waals surface area contributed by atoms with Crippen molar-refractivity contribution in [3.8, 4) is 0 Å². The number of ether oxygens (including phenoxy) is 1. The maximum atomic E-state index is 11.2. The van der Waals surface area contributed by atoms with Gasteiger partial charge in [0.1, 0.15) is 5.65 Å². The smallest absolute Gasteiger partial charge is 0.183 e. The number of aromatic nitrogens is 3. The number of nitrogens with zero attached hydrogens (tertiary/aromatic N) is 2. The minimum Gasteiger partial charge on any atom is -0.378 e. The van der Waals surface area contributed by atoms with Crippen LogP contribution in [0.15, 0.2) is 23.1 Å². The molecule has 1 fully saturated rings. The largest absolute Gasteiger partial charge is 0.378 e. The van der Waals surface area contributed by atoms with E-state index in [-0.39, 0.29) is 11.5 Å². The first-order chi connectivity index (χ1) is 7.84. The van der Waals surface area contributed by atoms with Crippen molar-refractivity contribution in [2.45, 2.75) is 6.04 Å². The van der Waals surface area contributed by atoms with Gasteiger partial charge in [0.2, 0.25) is 0 Å². The van der Waals surface area contributed by atoms with Gasteiger partial charge in [-0.3, -0.25) is 14.3 Å². The van der Waals surface area contributed by atoms with Gasteiger partial charge in [-0.25, -0.2) is 0 Å². The summed E-state index contributed by atoms with van der Waals surface area (Å²) in [5.41, 5.74) is 0.679. The van der Waals surface area contributed by atoms with Crippen LogP contribution >= 0.6 is 0 Å². The van der Waals surface area contributed by atoms with Crippen molar-refractivity contribution < 1.29 is 4.74 Å². The Hall–Kier alpha value is -1.66. The van der Waals surface area contributed by atoms with Crippen LogP contribution in [-0.4, -0.2) is 34.4 Å². The number of hydrogen-bond acceptors (Lipinski definition) is 4. The molecule has 0 bridgehead atoms. The topological polar surface area (TPSA) is 71.4 Å². The van der Waals surface area contributed by atoms with Gasteiger partial charge in [0, 0.05) is 24.9 Å². The van der Waals surface area contributed by atoms with Crippen molar-refractivity contribution >= 4 is 5.65 Å². The van der Waals surface area contributed by atoms with E-state index in [0.717, 1.165) is 19.0 Å². The summed E-state index contributed by atoms with van der Waals surface area (Å²) in [5.74, 6) is 0.842. The van der Waals surface area contributed by atoms with Gasteiger partial charge >= 0.3 is 0 Å². The van der Waals surface area contributed by atoms with Crippen molar-refractivity contribution in [2.24, 2.45) is 0 Å². The lowest BCUT2D eigenvalue weighted by Gasteiger charge is -2.22. The highest BCUT2D eigenvalue weighted by Crippen LogP contribution is 2.13. The highest BCUT2D eigenvalue weighted by atomic mass is 16.5. The third-order valence-corrected chi connectivity index (χ3v) is 2.69. The fraction of sp³-hybridized carbons (Fsp3) is 0.400. The molecule has 6 heteroatoms. The molecule has 0 saturated carbocycles. The van der Waals surface area contributed by atoms with Gasteiger partial charge in [-0.15, -0.1) is 0 Å². The molecule has 0 amide bonds. The lowest BCUT2D eigenvalue weighted by molar-refractivity contribution is 0.0739. The van der Waals surface area contributed by atoms with Gasteiger partial charge in [-0.05, 0) is 0 Å². The van der Waals surface area contributed by atoms with Gasteiger partial charge in [0.25, 0.3) is 0 Å². The molecule has 0 radical (unpaired) electrons. The van der Waals surface area contributed by atoms with Crippen molar-refractivity contribution in [3.63, 3.8) is 0 Å². The standard InChI is InChI=1S/C10H12N4O2/c15-7-1-3-14-9(5-7)12-13-10(14)8-6-16-4-2-11-8/h1,3,5,8,11-12H,2,4,6H2. The number of H-pyrrole nitrogens is 1. The van der Waals surface area contributed by atoms with Crippen molar-refractivity contribution in [1.82, 2.24) is 19.9 Å². The first-order valence-electron chi connectivity index (χ1n) is 5.22. The van der Waals surface area contributed by atoms with E-state index in [1.165, 1.54) is 12.1 Å². The van der Waals surface area contributed by atoms with Crippen LogP contribution in [0.3, 0.4) is 0 Å². The number of nitrogens with one attached hydrogen (secondary N) is 2. The van der Waals surface area contributed by atoms with Crippen LogP contribution in [0.25, 0.3) is 5.65 Å². The molecule has 0 aliphatic carbocycles. The highest BCUT2D eigenvalue weighted by molar-refractivity contribution is 5.37. The number of morpholine rings is 1. The van der Waals surface area contributed by atoms with Gasteiger partial charge in [0.15, 0.2) is 11.3 Å². The molecule has 3 heterocycles. The van der Waals surface area contributed by atoms with E-state index in [4.69, 9.17) is 4.74 Å². The molecule has 1 aliphatic heterocycles. The van der Waals surface area contributed by atoms with Crippen LogP contribution < -0.4 is 10.7 Å². The number of aromatic amines is 1. The zero-order valence-corrected chi connectivity index (χ0v) is 8.64. The molecule has 3 rings (SSSR count). The van der Waals surface area contributed by atoms with Crippen molar-refractivity contribution in [1.29, 1.82) is 0 Å². The van der Waals surface area contributed by atoms with E-state index < -0.39 is 0 Å². The second-order valence-corrected chi connectivity index (χ2v) is 3.78. The Bertz CT molecular complexity index is 553. The van der Waals surface area contributed by atoms with E-state index in [0.29, 0.717) is 12.3 Å². The zero-order valence-electron chi connectivity index (χ0n) is 8.64. The SMILES string of the molecule is O=c1ccn2c(C3COCCN3)n[nH]c2c1. The van der Waals surface area contributed by atoms with Gasteiger partial charge in [-0.1, -0.05) is 0 Å². The molecular weight excluding hydrogens is 208 g/mol. The summed E-state index contributed by atoms with van der Waals surface area (Å²) in [6.45, 7) is 2.15. The molecule has 2 aromatic heterocycles. The molecule has 0 aromatic carbocycles. The minimum absolute atomic E-state index is 0.0250. The van der Waals surface area contributed by atoms with E-state index in [1.807, 2.05) is 4.40 Å². The molecule has 1 aliphatic rings. The number of rotatable bonds is 1. The predicted octanol–water partition coefficient (Wildman–Crippen LogP) is -0.317. The summed E-state index contributed by atoms with van der Waals surface area (Å²) >= 11 is 0. The summed E-state index contributed by atoms with van der Waals surface area (Å²) in [6, 6.07) is 3.13. The Morgan fingerprint density at radius 2 is 2.50 bits per heavy atom.